The van der Waals surface area contributed by atoms with Crippen LogP contribution in [0.1, 0.15) is 31.2 Å². The van der Waals surface area contributed by atoms with Crippen molar-refractivity contribution < 1.29 is 19.4 Å². The molecule has 22 heavy (non-hydrogen) atoms. The van der Waals surface area contributed by atoms with Crippen LogP contribution in [0.4, 0.5) is 0 Å². The number of aliphatic carboxylic acids is 1. The normalized spacial score (nSPS) is 15.5. The summed E-state index contributed by atoms with van der Waals surface area (Å²) < 4.78 is 5.31. The summed E-state index contributed by atoms with van der Waals surface area (Å²) >= 11 is 0. The van der Waals surface area contributed by atoms with Gasteiger partial charge in [-0.05, 0) is 24.8 Å². The number of carboxylic acid groups (broad SMARTS) is 1. The Hall–Kier alpha value is -1.88. The minimum Gasteiger partial charge on any atom is -0.481 e. The minimum absolute atomic E-state index is 0.00212. The molecule has 1 aromatic carbocycles. The maximum atomic E-state index is 12.7. The highest BCUT2D eigenvalue weighted by atomic mass is 16.5. The number of ether oxygens (including phenoxy) is 1. The molecule has 5 nitrogen and oxygen atoms in total. The van der Waals surface area contributed by atoms with Gasteiger partial charge >= 0.3 is 5.97 Å². The van der Waals surface area contributed by atoms with E-state index < -0.39 is 5.97 Å². The molecule has 0 bridgehead atoms. The Labute approximate surface area is 130 Å². The Kier molecular flexibility index (Phi) is 6.40. The Balaban J connectivity index is 1.99. The van der Waals surface area contributed by atoms with Gasteiger partial charge in [0.25, 0.3) is 0 Å². The van der Waals surface area contributed by atoms with Gasteiger partial charge in [-0.25, -0.2) is 0 Å². The van der Waals surface area contributed by atoms with Crippen molar-refractivity contribution in [3.05, 3.63) is 35.9 Å². The maximum absolute atomic E-state index is 12.7. The fourth-order valence-corrected chi connectivity index (χ4v) is 2.69. The Morgan fingerprint density at radius 1 is 1.18 bits per heavy atom. The topological polar surface area (TPSA) is 66.8 Å². The highest BCUT2D eigenvalue weighted by Crippen LogP contribution is 2.19. The lowest BCUT2D eigenvalue weighted by molar-refractivity contribution is -0.141. The van der Waals surface area contributed by atoms with Crippen molar-refractivity contribution in [2.24, 2.45) is 5.92 Å². The first kappa shape index (κ1) is 16.5. The van der Waals surface area contributed by atoms with E-state index in [1.54, 1.807) is 4.90 Å². The summed E-state index contributed by atoms with van der Waals surface area (Å²) in [6, 6.07) is 9.81. The molecule has 0 aliphatic carbocycles. The molecule has 1 fully saturated rings. The van der Waals surface area contributed by atoms with Gasteiger partial charge in [-0.15, -0.1) is 0 Å². The third-order valence-corrected chi connectivity index (χ3v) is 3.92. The standard InChI is InChI=1S/C17H23NO4/c19-16(20)7-4-10-18(13-14-5-2-1-3-6-14)17(21)15-8-11-22-12-9-15/h1-3,5-6,15H,4,7-13H2,(H,19,20). The smallest absolute Gasteiger partial charge is 0.303 e. The Morgan fingerprint density at radius 3 is 2.50 bits per heavy atom. The third-order valence-electron chi connectivity index (χ3n) is 3.92. The van der Waals surface area contributed by atoms with Gasteiger partial charge in [0.2, 0.25) is 5.91 Å². The average Bonchev–Trinajstić information content (AvgIpc) is 2.55. The van der Waals surface area contributed by atoms with Crippen molar-refractivity contribution >= 4 is 11.9 Å². The van der Waals surface area contributed by atoms with E-state index >= 15 is 0 Å². The predicted octanol–water partition coefficient (Wildman–Crippen LogP) is 2.31. The first-order valence-electron chi connectivity index (χ1n) is 7.79. The molecule has 1 aliphatic heterocycles. The monoisotopic (exact) mass is 305 g/mol. The number of carbonyl (C=O) groups excluding carboxylic acids is 1. The van der Waals surface area contributed by atoms with E-state index in [4.69, 9.17) is 9.84 Å². The summed E-state index contributed by atoms with van der Waals surface area (Å²) in [7, 11) is 0. The summed E-state index contributed by atoms with van der Waals surface area (Å²) in [6.07, 6.45) is 2.08. The Bertz CT molecular complexity index is 483. The number of carboxylic acids is 1. The Morgan fingerprint density at radius 2 is 1.86 bits per heavy atom. The van der Waals surface area contributed by atoms with E-state index in [0.29, 0.717) is 32.7 Å². The number of hydrogen-bond acceptors (Lipinski definition) is 3. The zero-order valence-electron chi connectivity index (χ0n) is 12.7. The summed E-state index contributed by atoms with van der Waals surface area (Å²) in [5.41, 5.74) is 1.07. The lowest BCUT2D eigenvalue weighted by atomic mass is 9.98. The predicted molar refractivity (Wildman–Crippen MR) is 82.3 cm³/mol. The molecule has 1 saturated heterocycles. The summed E-state index contributed by atoms with van der Waals surface area (Å²) in [5.74, 6) is -0.696. The minimum atomic E-state index is -0.821. The fourth-order valence-electron chi connectivity index (χ4n) is 2.69. The molecule has 1 N–H and O–H groups in total. The molecule has 1 amide bonds. The number of nitrogens with zero attached hydrogens (tertiary/aromatic N) is 1. The maximum Gasteiger partial charge on any atom is 0.303 e. The van der Waals surface area contributed by atoms with Crippen LogP contribution in [0.25, 0.3) is 0 Å². The second-order valence-electron chi connectivity index (χ2n) is 5.63. The molecule has 0 atom stereocenters. The fraction of sp³-hybridized carbons (Fsp3) is 0.529. The molecule has 0 aromatic heterocycles. The van der Waals surface area contributed by atoms with E-state index in [2.05, 4.69) is 0 Å². The summed E-state index contributed by atoms with van der Waals surface area (Å²) in [5, 5.41) is 8.78. The van der Waals surface area contributed by atoms with E-state index in [1.165, 1.54) is 0 Å². The first-order chi connectivity index (χ1) is 10.7. The van der Waals surface area contributed by atoms with Gasteiger partial charge in [-0.3, -0.25) is 9.59 Å². The van der Waals surface area contributed by atoms with Gasteiger partial charge < -0.3 is 14.7 Å². The number of amides is 1. The van der Waals surface area contributed by atoms with Gasteiger partial charge in [-0.1, -0.05) is 30.3 Å². The second kappa shape index (κ2) is 8.54. The second-order valence-corrected chi connectivity index (χ2v) is 5.63. The van der Waals surface area contributed by atoms with Crippen molar-refractivity contribution in [3.8, 4) is 0 Å². The molecule has 0 saturated carbocycles. The molecule has 1 heterocycles. The van der Waals surface area contributed by atoms with Crippen molar-refractivity contribution in [1.29, 1.82) is 0 Å². The molecular formula is C17H23NO4. The zero-order valence-corrected chi connectivity index (χ0v) is 12.7. The molecule has 1 aromatic rings. The van der Waals surface area contributed by atoms with Crippen molar-refractivity contribution in [2.75, 3.05) is 19.8 Å². The number of benzene rings is 1. The van der Waals surface area contributed by atoms with Crippen LogP contribution in [0.5, 0.6) is 0 Å². The van der Waals surface area contributed by atoms with E-state index in [0.717, 1.165) is 18.4 Å². The van der Waals surface area contributed by atoms with Crippen LogP contribution < -0.4 is 0 Å². The lowest BCUT2D eigenvalue weighted by Crippen LogP contribution is -2.38. The van der Waals surface area contributed by atoms with E-state index in [9.17, 15) is 9.59 Å². The van der Waals surface area contributed by atoms with Crippen LogP contribution in [-0.4, -0.2) is 41.6 Å². The van der Waals surface area contributed by atoms with Crippen LogP contribution in [0.15, 0.2) is 30.3 Å². The van der Waals surface area contributed by atoms with Gasteiger partial charge in [0.15, 0.2) is 0 Å². The van der Waals surface area contributed by atoms with Gasteiger partial charge in [0.05, 0.1) is 0 Å². The van der Waals surface area contributed by atoms with Crippen LogP contribution in [0.3, 0.4) is 0 Å². The summed E-state index contributed by atoms with van der Waals surface area (Å²) in [4.78, 5) is 25.2. The van der Waals surface area contributed by atoms with Gasteiger partial charge in [0.1, 0.15) is 0 Å². The highest BCUT2D eigenvalue weighted by molar-refractivity contribution is 5.79. The molecule has 5 heteroatoms. The quantitative estimate of drug-likeness (QED) is 0.839. The third kappa shape index (κ3) is 5.15. The summed E-state index contributed by atoms with van der Waals surface area (Å²) in [6.45, 7) is 2.28. The highest BCUT2D eigenvalue weighted by Gasteiger charge is 2.26. The lowest BCUT2D eigenvalue weighted by Gasteiger charge is -2.29. The molecule has 1 aliphatic rings. The van der Waals surface area contributed by atoms with Crippen molar-refractivity contribution in [2.45, 2.75) is 32.2 Å². The van der Waals surface area contributed by atoms with Gasteiger partial charge in [0, 0.05) is 38.6 Å². The molecule has 0 radical (unpaired) electrons. The van der Waals surface area contributed by atoms with Crippen LogP contribution in [-0.2, 0) is 20.9 Å². The van der Waals surface area contributed by atoms with Crippen molar-refractivity contribution in [3.63, 3.8) is 0 Å². The number of carbonyl (C=O) groups is 2. The largest absolute Gasteiger partial charge is 0.481 e. The SMILES string of the molecule is O=C(O)CCCN(Cc1ccccc1)C(=O)C1CCOCC1. The average molecular weight is 305 g/mol. The van der Waals surface area contributed by atoms with Crippen LogP contribution in [0.2, 0.25) is 0 Å². The van der Waals surface area contributed by atoms with E-state index in [-0.39, 0.29) is 18.2 Å². The first-order valence-corrected chi connectivity index (χ1v) is 7.79. The van der Waals surface area contributed by atoms with Crippen molar-refractivity contribution in [1.82, 2.24) is 4.90 Å². The molecular weight excluding hydrogens is 282 g/mol. The molecule has 0 spiro atoms. The van der Waals surface area contributed by atoms with Gasteiger partial charge in [-0.2, -0.15) is 0 Å². The van der Waals surface area contributed by atoms with Crippen LogP contribution >= 0.6 is 0 Å². The number of rotatable bonds is 7. The van der Waals surface area contributed by atoms with E-state index in [1.807, 2.05) is 30.3 Å². The zero-order chi connectivity index (χ0) is 15.8. The number of hydrogen-bond donors (Lipinski definition) is 1. The molecule has 0 unspecified atom stereocenters. The molecule has 2 rings (SSSR count). The van der Waals surface area contributed by atoms with Crippen LogP contribution in [0, 0.1) is 5.92 Å². The molecule has 120 valence electrons.